The molecule has 0 aliphatic heterocycles. The predicted octanol–water partition coefficient (Wildman–Crippen LogP) is 5.03. The number of thiophene rings is 1. The molecule has 0 unspecified atom stereocenters. The van der Waals surface area contributed by atoms with Crippen molar-refractivity contribution in [2.24, 2.45) is 11.3 Å². The molecule has 1 aromatic rings. The normalized spacial score (nSPS) is 18.1. The van der Waals surface area contributed by atoms with Gasteiger partial charge in [0.15, 0.2) is 0 Å². The second-order valence-corrected chi connectivity index (χ2v) is 7.66. The van der Waals surface area contributed by atoms with Crippen molar-refractivity contribution < 1.29 is 4.79 Å². The van der Waals surface area contributed by atoms with E-state index in [-0.39, 0.29) is 5.41 Å². The molecule has 2 rings (SSSR count). The predicted molar refractivity (Wildman–Crippen MR) is 82.8 cm³/mol. The Morgan fingerprint density at radius 2 is 1.89 bits per heavy atom. The second kappa shape index (κ2) is 6.21. The summed E-state index contributed by atoms with van der Waals surface area (Å²) in [7, 11) is 0. The Labute approximate surface area is 121 Å². The van der Waals surface area contributed by atoms with E-state index in [1.807, 2.05) is 11.3 Å². The van der Waals surface area contributed by atoms with Crippen LogP contribution in [0.4, 0.5) is 0 Å². The van der Waals surface area contributed by atoms with E-state index >= 15 is 0 Å². The van der Waals surface area contributed by atoms with E-state index in [0.29, 0.717) is 18.1 Å². The van der Waals surface area contributed by atoms with Crippen LogP contribution in [0.25, 0.3) is 0 Å². The fourth-order valence-corrected chi connectivity index (χ4v) is 4.44. The molecule has 106 valence electrons. The number of hydrogen-bond donors (Lipinski definition) is 0. The molecular formula is C17H26OS. The van der Waals surface area contributed by atoms with Crippen LogP contribution in [-0.2, 0) is 17.6 Å². The number of carbonyl (C=O) groups is 1. The smallest absolute Gasteiger partial charge is 0.144 e. The molecule has 0 bridgehead atoms. The van der Waals surface area contributed by atoms with Gasteiger partial charge in [0.25, 0.3) is 0 Å². The number of aryl methyl sites for hydroxylation is 1. The van der Waals surface area contributed by atoms with Crippen LogP contribution in [0.2, 0.25) is 0 Å². The van der Waals surface area contributed by atoms with Crippen molar-refractivity contribution in [2.45, 2.75) is 65.7 Å². The Bertz CT molecular complexity index is 424. The molecule has 1 fully saturated rings. The van der Waals surface area contributed by atoms with E-state index in [1.54, 1.807) is 0 Å². The number of Topliss-reactive ketones (excluding diaryl/α,β-unsaturated/α-hetero) is 1. The van der Waals surface area contributed by atoms with Gasteiger partial charge in [0.1, 0.15) is 5.78 Å². The lowest BCUT2D eigenvalue weighted by molar-refractivity contribution is -0.128. The largest absolute Gasteiger partial charge is 0.299 e. The first-order chi connectivity index (χ1) is 9.05. The molecule has 1 saturated carbocycles. The summed E-state index contributed by atoms with van der Waals surface area (Å²) in [5.41, 5.74) is 0.00450. The molecule has 1 aromatic heterocycles. The highest BCUT2D eigenvalue weighted by Gasteiger charge is 2.40. The molecule has 0 aromatic carbocycles. The molecule has 0 amide bonds. The molecule has 1 nitrogen and oxygen atoms in total. The molecule has 2 heteroatoms. The topological polar surface area (TPSA) is 17.1 Å². The van der Waals surface area contributed by atoms with Gasteiger partial charge in [-0.05, 0) is 43.7 Å². The van der Waals surface area contributed by atoms with E-state index in [0.717, 1.165) is 25.7 Å². The van der Waals surface area contributed by atoms with Gasteiger partial charge in [0, 0.05) is 21.6 Å². The summed E-state index contributed by atoms with van der Waals surface area (Å²) in [5.74, 6) is 1.12. The van der Waals surface area contributed by atoms with Crippen LogP contribution in [0.3, 0.4) is 0 Å². The minimum absolute atomic E-state index is 0.00450. The minimum Gasteiger partial charge on any atom is -0.299 e. The Hall–Kier alpha value is -0.630. The minimum atomic E-state index is 0.00450. The first kappa shape index (κ1) is 14.8. The molecule has 1 aliphatic carbocycles. The number of rotatable bonds is 6. The van der Waals surface area contributed by atoms with Crippen LogP contribution >= 0.6 is 11.3 Å². The maximum absolute atomic E-state index is 12.8. The van der Waals surface area contributed by atoms with Gasteiger partial charge in [-0.15, -0.1) is 11.3 Å². The lowest BCUT2D eigenvalue weighted by atomic mass is 9.74. The van der Waals surface area contributed by atoms with Crippen LogP contribution in [-0.4, -0.2) is 5.78 Å². The van der Waals surface area contributed by atoms with Gasteiger partial charge in [0.05, 0.1) is 0 Å². The summed E-state index contributed by atoms with van der Waals surface area (Å²) >= 11 is 1.82. The van der Waals surface area contributed by atoms with Crippen molar-refractivity contribution >= 4 is 17.1 Å². The van der Waals surface area contributed by atoms with E-state index in [9.17, 15) is 4.79 Å². The van der Waals surface area contributed by atoms with Crippen molar-refractivity contribution in [2.75, 3.05) is 0 Å². The monoisotopic (exact) mass is 278 g/mol. The van der Waals surface area contributed by atoms with Crippen molar-refractivity contribution in [3.8, 4) is 0 Å². The fourth-order valence-electron chi connectivity index (χ4n) is 3.48. The third-order valence-electron chi connectivity index (χ3n) is 4.35. The zero-order valence-electron chi connectivity index (χ0n) is 12.5. The SMILES string of the molecule is CCc1ccc(CC(=O)C2(CC(C)C)CCCC2)s1. The van der Waals surface area contributed by atoms with Crippen LogP contribution in [0, 0.1) is 11.3 Å². The summed E-state index contributed by atoms with van der Waals surface area (Å²) in [6.07, 6.45) is 7.55. The fraction of sp³-hybridized carbons (Fsp3) is 0.706. The van der Waals surface area contributed by atoms with Crippen LogP contribution in [0.5, 0.6) is 0 Å². The van der Waals surface area contributed by atoms with Gasteiger partial charge in [-0.25, -0.2) is 0 Å². The average molecular weight is 278 g/mol. The van der Waals surface area contributed by atoms with Crippen molar-refractivity contribution in [1.82, 2.24) is 0 Å². The summed E-state index contributed by atoms with van der Waals surface area (Å²) in [4.78, 5) is 15.4. The van der Waals surface area contributed by atoms with Gasteiger partial charge in [-0.1, -0.05) is 33.6 Å². The highest BCUT2D eigenvalue weighted by Crippen LogP contribution is 2.44. The maximum atomic E-state index is 12.8. The van der Waals surface area contributed by atoms with E-state index in [4.69, 9.17) is 0 Å². The molecular weight excluding hydrogens is 252 g/mol. The van der Waals surface area contributed by atoms with E-state index in [1.165, 1.54) is 22.6 Å². The van der Waals surface area contributed by atoms with Gasteiger partial charge in [0.2, 0.25) is 0 Å². The lowest BCUT2D eigenvalue weighted by Gasteiger charge is -2.29. The molecule has 1 heterocycles. The third kappa shape index (κ3) is 3.47. The Morgan fingerprint density at radius 3 is 2.42 bits per heavy atom. The van der Waals surface area contributed by atoms with Crippen molar-refractivity contribution in [1.29, 1.82) is 0 Å². The van der Waals surface area contributed by atoms with Gasteiger partial charge in [-0.2, -0.15) is 0 Å². The Balaban J connectivity index is 2.07. The third-order valence-corrected chi connectivity index (χ3v) is 5.58. The van der Waals surface area contributed by atoms with Crippen LogP contribution in [0.1, 0.15) is 62.6 Å². The molecule has 1 aliphatic rings. The number of carbonyl (C=O) groups excluding carboxylic acids is 1. The average Bonchev–Trinajstić information content (AvgIpc) is 2.98. The summed E-state index contributed by atoms with van der Waals surface area (Å²) in [5, 5.41) is 0. The number of ketones is 1. The van der Waals surface area contributed by atoms with E-state index < -0.39 is 0 Å². The van der Waals surface area contributed by atoms with Crippen LogP contribution in [0.15, 0.2) is 12.1 Å². The first-order valence-electron chi connectivity index (χ1n) is 7.66. The Morgan fingerprint density at radius 1 is 1.26 bits per heavy atom. The highest BCUT2D eigenvalue weighted by molar-refractivity contribution is 7.12. The molecule has 0 radical (unpaired) electrons. The second-order valence-electron chi connectivity index (χ2n) is 6.41. The molecule has 0 saturated heterocycles. The van der Waals surface area contributed by atoms with E-state index in [2.05, 4.69) is 32.9 Å². The van der Waals surface area contributed by atoms with Crippen molar-refractivity contribution in [3.63, 3.8) is 0 Å². The first-order valence-corrected chi connectivity index (χ1v) is 8.48. The van der Waals surface area contributed by atoms with Gasteiger partial charge < -0.3 is 0 Å². The van der Waals surface area contributed by atoms with Gasteiger partial charge >= 0.3 is 0 Å². The highest BCUT2D eigenvalue weighted by atomic mass is 32.1. The molecule has 0 atom stereocenters. The zero-order chi connectivity index (χ0) is 13.9. The molecule has 19 heavy (non-hydrogen) atoms. The lowest BCUT2D eigenvalue weighted by Crippen LogP contribution is -2.31. The summed E-state index contributed by atoms with van der Waals surface area (Å²) < 4.78 is 0. The molecule has 0 spiro atoms. The standard InChI is InChI=1S/C17H26OS/c1-4-14-7-8-15(19-14)11-16(18)17(12-13(2)3)9-5-6-10-17/h7-8,13H,4-6,9-12H2,1-3H3. The summed E-state index contributed by atoms with van der Waals surface area (Å²) in [6.45, 7) is 6.66. The number of hydrogen-bond acceptors (Lipinski definition) is 2. The van der Waals surface area contributed by atoms with Gasteiger partial charge in [-0.3, -0.25) is 4.79 Å². The molecule has 0 N–H and O–H groups in total. The van der Waals surface area contributed by atoms with Crippen LogP contribution < -0.4 is 0 Å². The maximum Gasteiger partial charge on any atom is 0.144 e. The summed E-state index contributed by atoms with van der Waals surface area (Å²) in [6, 6.07) is 4.33. The Kier molecular flexibility index (Phi) is 4.83. The zero-order valence-corrected chi connectivity index (χ0v) is 13.3. The quantitative estimate of drug-likeness (QED) is 0.713. The van der Waals surface area contributed by atoms with Crippen molar-refractivity contribution in [3.05, 3.63) is 21.9 Å².